The summed E-state index contributed by atoms with van der Waals surface area (Å²) >= 11 is 0. The van der Waals surface area contributed by atoms with Crippen LogP contribution in [-0.2, 0) is 12.0 Å². The molecule has 0 radical (unpaired) electrons. The quantitative estimate of drug-likeness (QED) is 0.850. The van der Waals surface area contributed by atoms with Crippen LogP contribution in [0, 0.1) is 12.7 Å². The Morgan fingerprint density at radius 1 is 1.08 bits per heavy atom. The zero-order valence-electron chi connectivity index (χ0n) is 15.4. The third kappa shape index (κ3) is 4.55. The summed E-state index contributed by atoms with van der Waals surface area (Å²) in [6, 6.07) is 9.02. The van der Waals surface area contributed by atoms with Crippen molar-refractivity contribution in [1.29, 1.82) is 0 Å². The zero-order chi connectivity index (χ0) is 18.1. The van der Waals surface area contributed by atoms with Crippen molar-refractivity contribution in [2.75, 3.05) is 14.1 Å². The van der Waals surface area contributed by atoms with E-state index in [0.717, 1.165) is 27.3 Å². The Hall–Kier alpha value is -1.44. The molecule has 0 bridgehead atoms. The van der Waals surface area contributed by atoms with Crippen LogP contribution in [0.3, 0.4) is 0 Å². The molecule has 0 amide bonds. The third-order valence-electron chi connectivity index (χ3n) is 3.89. The number of hydrogen-bond donors (Lipinski definition) is 1. The van der Waals surface area contributed by atoms with E-state index in [1.807, 2.05) is 38.1 Å². The van der Waals surface area contributed by atoms with Crippen molar-refractivity contribution >= 4 is 19.2 Å². The van der Waals surface area contributed by atoms with Crippen molar-refractivity contribution in [1.82, 2.24) is 4.90 Å². The molecule has 0 spiro atoms. The van der Waals surface area contributed by atoms with Crippen LogP contribution in [-0.4, -0.2) is 24.1 Å². The Bertz CT molecular complexity index is 735. The van der Waals surface area contributed by atoms with Gasteiger partial charge in [0, 0.05) is 17.4 Å². The second-order valence-electron chi connectivity index (χ2n) is 7.62. The summed E-state index contributed by atoms with van der Waals surface area (Å²) in [5.41, 5.74) is 2.94. The summed E-state index contributed by atoms with van der Waals surface area (Å²) in [5, 5.41) is 12.8. The van der Waals surface area contributed by atoms with Gasteiger partial charge in [-0.05, 0) is 61.1 Å². The summed E-state index contributed by atoms with van der Waals surface area (Å²) in [6.07, 6.45) is 0. The van der Waals surface area contributed by atoms with Crippen molar-refractivity contribution in [3.05, 3.63) is 52.8 Å². The first kappa shape index (κ1) is 18.9. The molecule has 2 rings (SSSR count). The molecule has 1 unspecified atom stereocenters. The highest BCUT2D eigenvalue weighted by Crippen LogP contribution is 2.33. The summed E-state index contributed by atoms with van der Waals surface area (Å²) in [4.78, 5) is 2.03. The largest absolute Gasteiger partial charge is 0.507 e. The Labute approximate surface area is 146 Å². The number of nitrogens with zero attached hydrogens (tertiary/aromatic N) is 1. The Balaban J connectivity index is 2.47. The fourth-order valence-corrected chi connectivity index (χ4v) is 4.07. The first-order valence-corrected chi connectivity index (χ1v) is 9.12. The molecule has 2 nitrogen and oxygen atoms in total. The average molecular weight is 347 g/mol. The van der Waals surface area contributed by atoms with Crippen LogP contribution in [0.2, 0.25) is 0 Å². The Morgan fingerprint density at radius 2 is 1.75 bits per heavy atom. The van der Waals surface area contributed by atoms with E-state index in [4.69, 9.17) is 0 Å². The predicted octanol–water partition coefficient (Wildman–Crippen LogP) is 3.83. The standard InChI is InChI=1S/C20H27FNOP/c1-13-9-16(20(2,3)4)19(23)18(10-13)24-17-8-7-15(21)11-14(17)12-22(5)6/h7-11,23-24H,12H2,1-6H3. The van der Waals surface area contributed by atoms with Crippen LogP contribution >= 0.6 is 8.58 Å². The number of aryl methyl sites for hydroxylation is 1. The summed E-state index contributed by atoms with van der Waals surface area (Å²) in [5.74, 6) is 0.149. The molecule has 130 valence electrons. The van der Waals surface area contributed by atoms with Crippen molar-refractivity contribution in [3.63, 3.8) is 0 Å². The molecule has 0 heterocycles. The van der Waals surface area contributed by atoms with Crippen LogP contribution in [0.15, 0.2) is 30.3 Å². The topological polar surface area (TPSA) is 23.5 Å². The monoisotopic (exact) mass is 347 g/mol. The molecule has 0 aliphatic carbocycles. The smallest absolute Gasteiger partial charge is 0.127 e. The molecular formula is C20H27FNOP. The number of hydrogen-bond acceptors (Lipinski definition) is 2. The van der Waals surface area contributed by atoms with Gasteiger partial charge in [-0.1, -0.05) is 41.5 Å². The lowest BCUT2D eigenvalue weighted by molar-refractivity contribution is 0.402. The lowest BCUT2D eigenvalue weighted by Crippen LogP contribution is -2.19. The van der Waals surface area contributed by atoms with Crippen LogP contribution < -0.4 is 10.6 Å². The van der Waals surface area contributed by atoms with Gasteiger partial charge in [0.2, 0.25) is 0 Å². The third-order valence-corrected chi connectivity index (χ3v) is 5.29. The number of phenols is 1. The van der Waals surface area contributed by atoms with Crippen LogP contribution in [0.5, 0.6) is 5.75 Å². The molecule has 4 heteroatoms. The number of benzene rings is 2. The lowest BCUT2D eigenvalue weighted by atomic mass is 9.85. The summed E-state index contributed by atoms with van der Waals surface area (Å²) in [7, 11) is 4.24. The van der Waals surface area contributed by atoms with E-state index in [2.05, 4.69) is 26.8 Å². The molecule has 0 aliphatic rings. The average Bonchev–Trinajstić information content (AvgIpc) is 2.43. The summed E-state index contributed by atoms with van der Waals surface area (Å²) in [6.45, 7) is 9.03. The van der Waals surface area contributed by atoms with Crippen molar-refractivity contribution in [2.45, 2.75) is 39.7 Å². The first-order valence-electron chi connectivity index (χ1n) is 8.12. The van der Waals surface area contributed by atoms with Gasteiger partial charge in [-0.3, -0.25) is 0 Å². The van der Waals surface area contributed by atoms with Crippen LogP contribution in [0.4, 0.5) is 4.39 Å². The van der Waals surface area contributed by atoms with E-state index in [1.165, 1.54) is 6.07 Å². The lowest BCUT2D eigenvalue weighted by Gasteiger charge is -2.23. The minimum absolute atomic E-state index is 0.120. The van der Waals surface area contributed by atoms with Gasteiger partial charge in [-0.2, -0.15) is 0 Å². The second-order valence-corrected chi connectivity index (χ2v) is 8.95. The van der Waals surface area contributed by atoms with Crippen molar-refractivity contribution in [3.8, 4) is 5.75 Å². The molecule has 1 N–H and O–H groups in total. The minimum atomic E-state index is -0.218. The Morgan fingerprint density at radius 3 is 2.33 bits per heavy atom. The number of aromatic hydroxyl groups is 1. The maximum absolute atomic E-state index is 13.6. The molecule has 0 saturated carbocycles. The Kier molecular flexibility index (Phi) is 5.67. The molecule has 0 aliphatic heterocycles. The zero-order valence-corrected chi connectivity index (χ0v) is 16.4. The van der Waals surface area contributed by atoms with E-state index in [1.54, 1.807) is 6.07 Å². The van der Waals surface area contributed by atoms with Gasteiger partial charge in [0.25, 0.3) is 0 Å². The SMILES string of the molecule is Cc1cc(Pc2ccc(F)cc2CN(C)C)c(O)c(C(C)(C)C)c1. The number of halogens is 1. The highest BCUT2D eigenvalue weighted by molar-refractivity contribution is 7.55. The molecule has 2 aromatic rings. The maximum atomic E-state index is 13.6. The van der Waals surface area contributed by atoms with Gasteiger partial charge in [0.15, 0.2) is 0 Å². The maximum Gasteiger partial charge on any atom is 0.127 e. The van der Waals surface area contributed by atoms with E-state index in [-0.39, 0.29) is 11.2 Å². The predicted molar refractivity (Wildman–Crippen MR) is 103 cm³/mol. The van der Waals surface area contributed by atoms with E-state index >= 15 is 0 Å². The normalized spacial score (nSPS) is 12.5. The van der Waals surface area contributed by atoms with Crippen molar-refractivity contribution < 1.29 is 9.50 Å². The van der Waals surface area contributed by atoms with Crippen LogP contribution in [0.1, 0.15) is 37.5 Å². The number of phenolic OH excluding ortho intramolecular Hbond substituents is 1. The fourth-order valence-electron chi connectivity index (χ4n) is 2.75. The van der Waals surface area contributed by atoms with Gasteiger partial charge < -0.3 is 10.0 Å². The fraction of sp³-hybridized carbons (Fsp3) is 0.400. The molecule has 24 heavy (non-hydrogen) atoms. The highest BCUT2D eigenvalue weighted by Gasteiger charge is 2.21. The van der Waals surface area contributed by atoms with Gasteiger partial charge in [0.05, 0.1) is 0 Å². The molecule has 0 fully saturated rings. The molecular weight excluding hydrogens is 320 g/mol. The van der Waals surface area contributed by atoms with Crippen LogP contribution in [0.25, 0.3) is 0 Å². The van der Waals surface area contributed by atoms with Gasteiger partial charge in [-0.15, -0.1) is 0 Å². The highest BCUT2D eigenvalue weighted by atomic mass is 31.1. The van der Waals surface area contributed by atoms with E-state index < -0.39 is 0 Å². The molecule has 0 saturated heterocycles. The van der Waals surface area contributed by atoms with E-state index in [0.29, 0.717) is 20.9 Å². The van der Waals surface area contributed by atoms with Gasteiger partial charge >= 0.3 is 0 Å². The summed E-state index contributed by atoms with van der Waals surface area (Å²) < 4.78 is 13.6. The van der Waals surface area contributed by atoms with Gasteiger partial charge in [0.1, 0.15) is 11.6 Å². The minimum Gasteiger partial charge on any atom is -0.507 e. The molecule has 1 atom stereocenters. The second kappa shape index (κ2) is 7.21. The first-order chi connectivity index (χ1) is 11.1. The van der Waals surface area contributed by atoms with Crippen molar-refractivity contribution in [2.24, 2.45) is 0 Å². The number of rotatable bonds is 4. The van der Waals surface area contributed by atoms with Gasteiger partial charge in [-0.25, -0.2) is 4.39 Å². The molecule has 0 aromatic heterocycles. The van der Waals surface area contributed by atoms with E-state index in [9.17, 15) is 9.50 Å². The molecule has 2 aromatic carbocycles.